The van der Waals surface area contributed by atoms with E-state index in [1.807, 2.05) is 25.1 Å². The molecule has 0 aliphatic rings. The summed E-state index contributed by atoms with van der Waals surface area (Å²) in [6, 6.07) is 27.1. The van der Waals surface area contributed by atoms with Crippen LogP contribution in [-0.4, -0.2) is 40.8 Å². The maximum atomic E-state index is 13.5. The number of halogens is 1. The number of benzene rings is 4. The molecule has 9 nitrogen and oxygen atoms in total. The van der Waals surface area contributed by atoms with Crippen LogP contribution in [0.3, 0.4) is 0 Å². The summed E-state index contributed by atoms with van der Waals surface area (Å²) < 4.78 is 45.1. The molecule has 0 radical (unpaired) electrons. The van der Waals surface area contributed by atoms with Crippen LogP contribution in [0.4, 0.5) is 5.69 Å². The number of carbonyl (C=O) groups excluding carboxylic acids is 1. The van der Waals surface area contributed by atoms with Gasteiger partial charge in [-0.2, -0.15) is 5.10 Å². The standard InChI is InChI=1S/C31H30ClN3O6S/c1-3-40-30-19-23(16-17-29(30)41-22-24-10-9-11-25(32)18-24)20-33-34-31(36)21-35(27-14-7-8-15-28(27)39-2)42(37,38)26-12-5-4-6-13-26/h4-20H,3,21-22H2,1-2H3,(H,34,36)/b33-20-. The van der Waals surface area contributed by atoms with Gasteiger partial charge in [0.2, 0.25) is 0 Å². The van der Waals surface area contributed by atoms with Gasteiger partial charge in [-0.05, 0) is 72.6 Å². The number of methoxy groups -OCH3 is 1. The Bertz CT molecular complexity index is 1650. The first-order chi connectivity index (χ1) is 20.3. The molecule has 0 saturated carbocycles. The molecule has 0 fully saturated rings. The average Bonchev–Trinajstić information content (AvgIpc) is 3.00. The molecule has 1 N–H and O–H groups in total. The number of hydrogen-bond acceptors (Lipinski definition) is 7. The fourth-order valence-electron chi connectivity index (χ4n) is 3.98. The first-order valence-corrected chi connectivity index (χ1v) is 14.8. The van der Waals surface area contributed by atoms with Gasteiger partial charge in [0, 0.05) is 5.02 Å². The summed E-state index contributed by atoms with van der Waals surface area (Å²) in [5, 5.41) is 4.66. The Balaban J connectivity index is 1.48. The molecule has 0 aliphatic heterocycles. The number of sulfonamides is 1. The number of ether oxygens (including phenoxy) is 3. The maximum absolute atomic E-state index is 13.5. The number of hydrogen-bond donors (Lipinski definition) is 1. The third-order valence-electron chi connectivity index (χ3n) is 5.93. The van der Waals surface area contributed by atoms with Gasteiger partial charge in [-0.25, -0.2) is 13.8 Å². The molecule has 4 aromatic rings. The van der Waals surface area contributed by atoms with E-state index in [0.717, 1.165) is 9.87 Å². The van der Waals surface area contributed by atoms with Crippen LogP contribution >= 0.6 is 11.6 Å². The highest BCUT2D eigenvalue weighted by Gasteiger charge is 2.29. The topological polar surface area (TPSA) is 107 Å². The lowest BCUT2D eigenvalue weighted by molar-refractivity contribution is -0.119. The van der Waals surface area contributed by atoms with Crippen molar-refractivity contribution >= 4 is 39.4 Å². The third-order valence-corrected chi connectivity index (χ3v) is 7.94. The maximum Gasteiger partial charge on any atom is 0.264 e. The summed E-state index contributed by atoms with van der Waals surface area (Å²) in [4.78, 5) is 13.0. The Morgan fingerprint density at radius 3 is 2.40 bits per heavy atom. The molecule has 218 valence electrons. The molecule has 0 unspecified atom stereocenters. The average molecular weight is 608 g/mol. The Labute approximate surface area is 250 Å². The lowest BCUT2D eigenvalue weighted by Crippen LogP contribution is -2.39. The van der Waals surface area contributed by atoms with Crippen molar-refractivity contribution in [2.45, 2.75) is 18.4 Å². The molecule has 4 rings (SSSR count). The van der Waals surface area contributed by atoms with E-state index in [0.29, 0.717) is 41.0 Å². The molecule has 0 saturated heterocycles. The summed E-state index contributed by atoms with van der Waals surface area (Å²) in [7, 11) is -2.67. The smallest absolute Gasteiger partial charge is 0.264 e. The van der Waals surface area contributed by atoms with E-state index in [2.05, 4.69) is 10.5 Å². The van der Waals surface area contributed by atoms with Gasteiger partial charge in [0.25, 0.3) is 15.9 Å². The van der Waals surface area contributed by atoms with Gasteiger partial charge in [-0.3, -0.25) is 9.10 Å². The molecule has 0 aliphatic carbocycles. The fraction of sp³-hybridized carbons (Fsp3) is 0.161. The summed E-state index contributed by atoms with van der Waals surface area (Å²) in [5.41, 5.74) is 4.17. The van der Waals surface area contributed by atoms with E-state index in [1.54, 1.807) is 66.7 Å². The second kappa shape index (κ2) is 14.4. The van der Waals surface area contributed by atoms with E-state index < -0.39 is 22.5 Å². The van der Waals surface area contributed by atoms with Crippen LogP contribution in [0.1, 0.15) is 18.1 Å². The highest BCUT2D eigenvalue weighted by molar-refractivity contribution is 7.92. The predicted molar refractivity (Wildman–Crippen MR) is 163 cm³/mol. The molecule has 4 aromatic carbocycles. The first kappa shape index (κ1) is 30.4. The van der Waals surface area contributed by atoms with Crippen LogP contribution in [-0.2, 0) is 21.4 Å². The zero-order valence-electron chi connectivity index (χ0n) is 23.1. The molecule has 0 bridgehead atoms. The zero-order chi connectivity index (χ0) is 30.0. The van der Waals surface area contributed by atoms with Crippen molar-refractivity contribution in [3.05, 3.63) is 113 Å². The third kappa shape index (κ3) is 7.80. The van der Waals surface area contributed by atoms with Crippen molar-refractivity contribution in [3.63, 3.8) is 0 Å². The van der Waals surface area contributed by atoms with E-state index in [9.17, 15) is 13.2 Å². The molecule has 0 atom stereocenters. The first-order valence-electron chi connectivity index (χ1n) is 13.0. The van der Waals surface area contributed by atoms with Crippen LogP contribution in [0.15, 0.2) is 107 Å². The van der Waals surface area contributed by atoms with Crippen molar-refractivity contribution in [2.75, 3.05) is 24.6 Å². The number of para-hydroxylation sites is 2. The Morgan fingerprint density at radius 1 is 0.905 bits per heavy atom. The Kier molecular flexibility index (Phi) is 10.4. The number of nitrogens with zero attached hydrogens (tertiary/aromatic N) is 2. The second-order valence-corrected chi connectivity index (χ2v) is 11.1. The highest BCUT2D eigenvalue weighted by Crippen LogP contribution is 2.32. The summed E-state index contributed by atoms with van der Waals surface area (Å²) in [6.07, 6.45) is 1.43. The normalized spacial score (nSPS) is 11.2. The molecule has 42 heavy (non-hydrogen) atoms. The molecule has 11 heteroatoms. The van der Waals surface area contributed by atoms with Crippen LogP contribution < -0.4 is 23.9 Å². The summed E-state index contributed by atoms with van der Waals surface area (Å²) >= 11 is 6.06. The molecule has 0 spiro atoms. The van der Waals surface area contributed by atoms with E-state index >= 15 is 0 Å². The number of rotatable bonds is 13. The lowest BCUT2D eigenvalue weighted by Gasteiger charge is -2.25. The molecule has 1 amide bonds. The molecule has 0 aromatic heterocycles. The molecular weight excluding hydrogens is 578 g/mol. The Hall–Kier alpha value is -4.54. The van der Waals surface area contributed by atoms with Crippen LogP contribution in [0.5, 0.6) is 17.2 Å². The molecular formula is C31H30ClN3O6S. The van der Waals surface area contributed by atoms with E-state index in [-0.39, 0.29) is 10.6 Å². The number of amides is 1. The summed E-state index contributed by atoms with van der Waals surface area (Å²) in [5.74, 6) is 0.695. The minimum atomic E-state index is -4.10. The zero-order valence-corrected chi connectivity index (χ0v) is 24.6. The largest absolute Gasteiger partial charge is 0.495 e. The van der Waals surface area contributed by atoms with Crippen LogP contribution in [0.2, 0.25) is 5.02 Å². The van der Waals surface area contributed by atoms with Gasteiger partial charge in [-0.1, -0.05) is 54.1 Å². The van der Waals surface area contributed by atoms with Crippen LogP contribution in [0, 0.1) is 0 Å². The highest BCUT2D eigenvalue weighted by atomic mass is 35.5. The van der Waals surface area contributed by atoms with E-state index in [1.165, 1.54) is 25.5 Å². The van der Waals surface area contributed by atoms with Crippen molar-refractivity contribution in [1.82, 2.24) is 5.43 Å². The minimum Gasteiger partial charge on any atom is -0.495 e. The van der Waals surface area contributed by atoms with Gasteiger partial charge < -0.3 is 14.2 Å². The monoisotopic (exact) mass is 607 g/mol. The summed E-state index contributed by atoms with van der Waals surface area (Å²) in [6.45, 7) is 2.05. The van der Waals surface area contributed by atoms with Gasteiger partial charge in [0.1, 0.15) is 18.9 Å². The number of carbonyl (C=O) groups is 1. The predicted octanol–water partition coefficient (Wildman–Crippen LogP) is 5.67. The lowest BCUT2D eigenvalue weighted by atomic mass is 10.2. The quantitative estimate of drug-likeness (QED) is 0.155. The van der Waals surface area contributed by atoms with Crippen molar-refractivity contribution in [3.8, 4) is 17.2 Å². The number of nitrogens with one attached hydrogen (secondary N) is 1. The van der Waals surface area contributed by atoms with Gasteiger partial charge in [-0.15, -0.1) is 0 Å². The number of anilines is 1. The SMILES string of the molecule is CCOc1cc(/C=N\NC(=O)CN(c2ccccc2OC)S(=O)(=O)c2ccccc2)ccc1OCc1cccc(Cl)c1. The fourth-order valence-corrected chi connectivity index (χ4v) is 5.65. The minimum absolute atomic E-state index is 0.0355. The Morgan fingerprint density at radius 2 is 1.67 bits per heavy atom. The van der Waals surface area contributed by atoms with Gasteiger partial charge in [0.15, 0.2) is 11.5 Å². The molecule has 0 heterocycles. The van der Waals surface area contributed by atoms with Gasteiger partial charge >= 0.3 is 0 Å². The van der Waals surface area contributed by atoms with Crippen molar-refractivity contribution < 1.29 is 27.4 Å². The van der Waals surface area contributed by atoms with Gasteiger partial charge in [0.05, 0.1) is 30.5 Å². The van der Waals surface area contributed by atoms with Crippen LogP contribution in [0.25, 0.3) is 0 Å². The number of hydrazone groups is 1. The van der Waals surface area contributed by atoms with E-state index in [4.69, 9.17) is 25.8 Å². The second-order valence-electron chi connectivity index (χ2n) is 8.85. The van der Waals surface area contributed by atoms with Crippen molar-refractivity contribution in [1.29, 1.82) is 0 Å². The van der Waals surface area contributed by atoms with Crippen molar-refractivity contribution in [2.24, 2.45) is 5.10 Å².